The molecule has 2 aliphatic rings. The highest BCUT2D eigenvalue weighted by Crippen LogP contribution is 2.46. The van der Waals surface area contributed by atoms with Crippen LogP contribution in [-0.4, -0.2) is 37.9 Å². The van der Waals surface area contributed by atoms with Gasteiger partial charge in [0.2, 0.25) is 0 Å². The van der Waals surface area contributed by atoms with Crippen LogP contribution in [-0.2, 0) is 18.4 Å². The lowest BCUT2D eigenvalue weighted by molar-refractivity contribution is 0.301. The summed E-state index contributed by atoms with van der Waals surface area (Å²) in [7, 11) is 0. The lowest BCUT2D eigenvalue weighted by atomic mass is 9.77. The SMILES string of the molecule is Clc1cnn2c(NCc3ccc4[nH]ncc4c3)c3c(nc12)C1(CCNCC1)CC3. The van der Waals surface area contributed by atoms with Gasteiger partial charge in [-0.25, -0.2) is 4.98 Å². The quantitative estimate of drug-likeness (QED) is 0.484. The van der Waals surface area contributed by atoms with Gasteiger partial charge in [-0.2, -0.15) is 14.7 Å². The predicted molar refractivity (Wildman–Crippen MR) is 114 cm³/mol. The molecular weight excluding hydrogens is 386 g/mol. The first-order chi connectivity index (χ1) is 14.2. The molecule has 0 amide bonds. The van der Waals surface area contributed by atoms with E-state index in [1.54, 1.807) is 6.20 Å². The summed E-state index contributed by atoms with van der Waals surface area (Å²) >= 11 is 6.45. The molecule has 4 heterocycles. The van der Waals surface area contributed by atoms with Gasteiger partial charge in [0, 0.05) is 22.9 Å². The van der Waals surface area contributed by atoms with Crippen LogP contribution in [0.4, 0.5) is 5.82 Å². The smallest absolute Gasteiger partial charge is 0.176 e. The average Bonchev–Trinajstić information content (AvgIpc) is 3.45. The van der Waals surface area contributed by atoms with Crippen molar-refractivity contribution in [1.29, 1.82) is 0 Å². The van der Waals surface area contributed by atoms with Gasteiger partial charge in [-0.3, -0.25) is 5.10 Å². The number of nitrogens with zero attached hydrogens (tertiary/aromatic N) is 4. The summed E-state index contributed by atoms with van der Waals surface area (Å²) < 4.78 is 1.87. The molecule has 1 aliphatic carbocycles. The van der Waals surface area contributed by atoms with Crippen LogP contribution in [0.5, 0.6) is 0 Å². The van der Waals surface area contributed by atoms with Crippen molar-refractivity contribution >= 4 is 34.0 Å². The first-order valence-electron chi connectivity index (χ1n) is 10.2. The molecule has 0 saturated carbocycles. The Balaban J connectivity index is 1.42. The number of halogens is 1. The zero-order valence-electron chi connectivity index (χ0n) is 16.0. The number of aromatic nitrogens is 5. The Hall–Kier alpha value is -2.64. The second kappa shape index (κ2) is 6.43. The highest BCUT2D eigenvalue weighted by atomic mass is 35.5. The Morgan fingerprint density at radius 3 is 2.97 bits per heavy atom. The normalized spacial score (nSPS) is 18.0. The number of hydrogen-bond acceptors (Lipinski definition) is 5. The van der Waals surface area contributed by atoms with Crippen molar-refractivity contribution in [2.75, 3.05) is 18.4 Å². The minimum atomic E-state index is 0.169. The minimum Gasteiger partial charge on any atom is -0.366 e. The van der Waals surface area contributed by atoms with Gasteiger partial charge in [-0.05, 0) is 56.5 Å². The van der Waals surface area contributed by atoms with E-state index in [0.29, 0.717) is 11.6 Å². The minimum absolute atomic E-state index is 0.169. The maximum atomic E-state index is 6.45. The summed E-state index contributed by atoms with van der Waals surface area (Å²) in [5, 5.41) is 20.5. The van der Waals surface area contributed by atoms with E-state index in [-0.39, 0.29) is 5.41 Å². The molecule has 6 rings (SSSR count). The maximum absolute atomic E-state index is 6.45. The number of H-pyrrole nitrogens is 1. The molecule has 0 radical (unpaired) electrons. The van der Waals surface area contributed by atoms with Crippen LogP contribution in [0.25, 0.3) is 16.6 Å². The molecule has 3 N–H and O–H groups in total. The first kappa shape index (κ1) is 17.2. The molecule has 29 heavy (non-hydrogen) atoms. The number of nitrogens with one attached hydrogen (secondary N) is 3. The highest BCUT2D eigenvalue weighted by molar-refractivity contribution is 6.33. The van der Waals surface area contributed by atoms with E-state index in [1.807, 2.05) is 10.7 Å². The first-order valence-corrected chi connectivity index (χ1v) is 10.5. The number of rotatable bonds is 3. The summed E-state index contributed by atoms with van der Waals surface area (Å²) in [4.78, 5) is 5.03. The third-order valence-corrected chi connectivity index (χ3v) is 6.85. The Kier molecular flexibility index (Phi) is 3.82. The van der Waals surface area contributed by atoms with Gasteiger partial charge in [0.15, 0.2) is 5.65 Å². The van der Waals surface area contributed by atoms with Gasteiger partial charge in [0.05, 0.1) is 23.6 Å². The van der Waals surface area contributed by atoms with Crippen LogP contribution < -0.4 is 10.6 Å². The Morgan fingerprint density at radius 1 is 1.17 bits per heavy atom. The molecular formula is C21H22ClN7. The van der Waals surface area contributed by atoms with Gasteiger partial charge in [0.25, 0.3) is 0 Å². The largest absolute Gasteiger partial charge is 0.366 e. The van der Waals surface area contributed by atoms with Crippen LogP contribution in [0.3, 0.4) is 0 Å². The fourth-order valence-electron chi connectivity index (χ4n) is 5.02. The van der Waals surface area contributed by atoms with Crippen LogP contribution in [0, 0.1) is 0 Å². The Bertz CT molecular complexity index is 1220. The zero-order chi connectivity index (χ0) is 19.4. The van der Waals surface area contributed by atoms with Gasteiger partial charge in [0.1, 0.15) is 10.8 Å². The standard InChI is InChI=1S/C21H22ClN7/c22-16-12-26-29-19(24-10-13-1-2-17-14(9-13)11-25-28-17)15-3-4-21(5-7-23-8-6-21)18(15)27-20(16)29/h1-2,9,11-12,23-24H,3-8,10H2,(H,25,28). The molecule has 1 fully saturated rings. The van der Waals surface area contributed by atoms with Crippen LogP contribution >= 0.6 is 11.6 Å². The highest BCUT2D eigenvalue weighted by Gasteiger charge is 2.43. The van der Waals surface area contributed by atoms with Crippen molar-refractivity contribution in [2.45, 2.75) is 37.6 Å². The van der Waals surface area contributed by atoms with Crippen molar-refractivity contribution in [3.8, 4) is 0 Å². The van der Waals surface area contributed by atoms with E-state index in [0.717, 1.165) is 61.1 Å². The van der Waals surface area contributed by atoms with Gasteiger partial charge in [-0.15, -0.1) is 0 Å². The molecule has 1 spiro atoms. The van der Waals surface area contributed by atoms with Crippen molar-refractivity contribution in [1.82, 2.24) is 30.1 Å². The lowest BCUT2D eigenvalue weighted by Crippen LogP contribution is -2.39. The molecule has 148 valence electrons. The molecule has 1 aromatic carbocycles. The molecule has 0 bridgehead atoms. The van der Waals surface area contributed by atoms with Gasteiger partial charge < -0.3 is 10.6 Å². The monoisotopic (exact) mass is 407 g/mol. The number of piperidine rings is 1. The van der Waals surface area contributed by atoms with E-state index >= 15 is 0 Å². The molecule has 1 saturated heterocycles. The fourth-order valence-corrected chi connectivity index (χ4v) is 5.19. The van der Waals surface area contributed by atoms with Crippen LogP contribution in [0.2, 0.25) is 5.02 Å². The predicted octanol–water partition coefficient (Wildman–Crippen LogP) is 3.44. The third-order valence-electron chi connectivity index (χ3n) is 6.58. The van der Waals surface area contributed by atoms with Crippen molar-refractivity contribution in [2.24, 2.45) is 0 Å². The number of aromatic amines is 1. The summed E-state index contributed by atoms with van der Waals surface area (Å²) in [6.07, 6.45) is 7.99. The molecule has 3 aromatic heterocycles. The fraction of sp³-hybridized carbons (Fsp3) is 0.381. The number of benzene rings is 1. The molecule has 0 unspecified atom stereocenters. The van der Waals surface area contributed by atoms with E-state index in [9.17, 15) is 0 Å². The number of hydrogen-bond donors (Lipinski definition) is 3. The van der Waals surface area contributed by atoms with Gasteiger partial charge in [-0.1, -0.05) is 17.7 Å². The van der Waals surface area contributed by atoms with Crippen LogP contribution in [0.1, 0.15) is 36.1 Å². The molecule has 0 atom stereocenters. The van der Waals surface area contributed by atoms with Crippen molar-refractivity contribution in [3.63, 3.8) is 0 Å². The van der Waals surface area contributed by atoms with E-state index in [2.05, 4.69) is 44.1 Å². The van der Waals surface area contributed by atoms with Crippen LogP contribution in [0.15, 0.2) is 30.6 Å². The zero-order valence-corrected chi connectivity index (χ0v) is 16.8. The summed E-state index contributed by atoms with van der Waals surface area (Å²) in [6.45, 7) is 2.80. The van der Waals surface area contributed by atoms with Crippen molar-refractivity contribution < 1.29 is 0 Å². The van der Waals surface area contributed by atoms with Gasteiger partial charge >= 0.3 is 0 Å². The Morgan fingerprint density at radius 2 is 2.07 bits per heavy atom. The topological polar surface area (TPSA) is 82.9 Å². The molecule has 7 nitrogen and oxygen atoms in total. The Labute approximate surface area is 172 Å². The molecule has 1 aliphatic heterocycles. The maximum Gasteiger partial charge on any atom is 0.176 e. The summed E-state index contributed by atoms with van der Waals surface area (Å²) in [5.74, 6) is 1.03. The molecule has 4 aromatic rings. The van der Waals surface area contributed by atoms with E-state index in [1.165, 1.54) is 16.8 Å². The second-order valence-electron chi connectivity index (χ2n) is 8.19. The lowest BCUT2D eigenvalue weighted by Gasteiger charge is -2.34. The van der Waals surface area contributed by atoms with E-state index < -0.39 is 0 Å². The number of anilines is 1. The van der Waals surface area contributed by atoms with Crippen molar-refractivity contribution in [3.05, 3.63) is 52.4 Å². The summed E-state index contributed by atoms with van der Waals surface area (Å²) in [6, 6.07) is 6.35. The average molecular weight is 408 g/mol. The third kappa shape index (κ3) is 2.64. The molecule has 8 heteroatoms. The van der Waals surface area contributed by atoms with E-state index in [4.69, 9.17) is 16.6 Å². The number of fused-ring (bicyclic) bond motifs is 4. The summed E-state index contributed by atoms with van der Waals surface area (Å²) in [5.41, 5.74) is 5.68. The second-order valence-corrected chi connectivity index (χ2v) is 8.60.